The zero-order valence-electron chi connectivity index (χ0n) is 10.6. The molecule has 4 bridgehead atoms. The molecule has 4 fully saturated rings. The normalized spacial score (nSPS) is 60.6. The van der Waals surface area contributed by atoms with Gasteiger partial charge in [-0.1, -0.05) is 6.92 Å². The van der Waals surface area contributed by atoms with Crippen LogP contribution in [0.4, 0.5) is 0 Å². The summed E-state index contributed by atoms with van der Waals surface area (Å²) in [5, 5.41) is 21.7. The van der Waals surface area contributed by atoms with Gasteiger partial charge in [-0.2, -0.15) is 0 Å². The molecule has 0 amide bonds. The molecule has 1 saturated heterocycles. The van der Waals surface area contributed by atoms with Crippen LogP contribution in [0, 0.1) is 11.3 Å². The predicted molar refractivity (Wildman–Crippen MR) is 60.4 cm³/mol. The van der Waals surface area contributed by atoms with E-state index in [-0.39, 0.29) is 5.78 Å². The van der Waals surface area contributed by atoms with Crippen LogP contribution in [0.3, 0.4) is 0 Å². The first kappa shape index (κ1) is 11.6. The second kappa shape index (κ2) is 2.76. The minimum Gasteiger partial charge on any atom is -0.389 e. The molecule has 0 aromatic carbocycles. The molecule has 1 aliphatic heterocycles. The molecule has 0 spiro atoms. The molecular formula is C13H20O4. The van der Waals surface area contributed by atoms with Crippen molar-refractivity contribution >= 4 is 5.78 Å². The minimum atomic E-state index is -1.00. The molecule has 4 nitrogen and oxygen atoms in total. The second-order valence-electron chi connectivity index (χ2n) is 6.76. The van der Waals surface area contributed by atoms with Crippen LogP contribution in [0.15, 0.2) is 0 Å². The summed E-state index contributed by atoms with van der Waals surface area (Å²) >= 11 is 0. The number of ether oxygens (including phenoxy) is 1. The number of rotatable bonds is 1. The Balaban J connectivity index is 2.13. The first-order chi connectivity index (χ1) is 7.66. The fraction of sp³-hybridized carbons (Fsp3) is 0.923. The zero-order chi connectivity index (χ0) is 12.7. The Labute approximate surface area is 101 Å². The van der Waals surface area contributed by atoms with Crippen LogP contribution >= 0.6 is 0 Å². The number of aliphatic hydroxyl groups is 2. The molecule has 3 aliphatic carbocycles. The number of hydrogen-bond donors (Lipinski definition) is 2. The molecule has 2 N–H and O–H groups in total. The molecule has 17 heavy (non-hydrogen) atoms. The highest BCUT2D eigenvalue weighted by molar-refractivity contribution is 5.80. The van der Waals surface area contributed by atoms with Gasteiger partial charge in [-0.15, -0.1) is 0 Å². The van der Waals surface area contributed by atoms with E-state index in [1.54, 1.807) is 0 Å². The van der Waals surface area contributed by atoms with Crippen LogP contribution in [0.5, 0.6) is 0 Å². The molecular weight excluding hydrogens is 220 g/mol. The molecule has 0 radical (unpaired) electrons. The van der Waals surface area contributed by atoms with Crippen LogP contribution in [-0.4, -0.2) is 39.4 Å². The van der Waals surface area contributed by atoms with Gasteiger partial charge >= 0.3 is 0 Å². The monoisotopic (exact) mass is 240 g/mol. The largest absolute Gasteiger partial charge is 0.389 e. The van der Waals surface area contributed by atoms with E-state index >= 15 is 0 Å². The first-order valence-electron chi connectivity index (χ1n) is 6.25. The topological polar surface area (TPSA) is 66.8 Å². The van der Waals surface area contributed by atoms with Crippen molar-refractivity contribution in [1.82, 2.24) is 0 Å². The molecule has 4 aliphatic rings. The van der Waals surface area contributed by atoms with E-state index < -0.39 is 28.1 Å². The number of fused-ring (bicyclic) bond motifs is 1. The Morgan fingerprint density at radius 1 is 1.29 bits per heavy atom. The lowest BCUT2D eigenvalue weighted by atomic mass is 9.45. The first-order valence-corrected chi connectivity index (χ1v) is 6.25. The maximum atomic E-state index is 11.7. The number of Topliss-reactive ketones (excluding diaryl/α,β-unsaturated/α-hetero) is 1. The Kier molecular flexibility index (Phi) is 1.89. The van der Waals surface area contributed by atoms with Crippen LogP contribution < -0.4 is 0 Å². The van der Waals surface area contributed by atoms with Gasteiger partial charge in [0.2, 0.25) is 0 Å². The third-order valence-corrected chi connectivity index (χ3v) is 5.56. The Morgan fingerprint density at radius 2 is 1.94 bits per heavy atom. The summed E-state index contributed by atoms with van der Waals surface area (Å²) < 4.78 is 5.78. The van der Waals surface area contributed by atoms with E-state index in [1.807, 2.05) is 13.8 Å². The number of hydrogen-bond acceptors (Lipinski definition) is 4. The SMILES string of the molecule is CC(=O)C1C[C@]2(O)[C@@]3(C)CO[C@]2(C)CC1(O)C3. The van der Waals surface area contributed by atoms with Gasteiger partial charge in [-0.25, -0.2) is 0 Å². The molecule has 4 rings (SSSR count). The van der Waals surface area contributed by atoms with E-state index in [4.69, 9.17) is 4.74 Å². The summed E-state index contributed by atoms with van der Waals surface area (Å²) in [6.07, 6.45) is 1.14. The van der Waals surface area contributed by atoms with Crippen molar-refractivity contribution in [1.29, 1.82) is 0 Å². The van der Waals surface area contributed by atoms with Crippen LogP contribution in [0.1, 0.15) is 40.0 Å². The van der Waals surface area contributed by atoms with Crippen LogP contribution in [-0.2, 0) is 9.53 Å². The Hall–Kier alpha value is -0.450. The van der Waals surface area contributed by atoms with Gasteiger partial charge in [0, 0.05) is 17.8 Å². The molecule has 0 aromatic rings. The number of carbonyl (C=O) groups is 1. The van der Waals surface area contributed by atoms with Crippen molar-refractivity contribution in [3.8, 4) is 0 Å². The lowest BCUT2D eigenvalue weighted by molar-refractivity contribution is -0.266. The van der Waals surface area contributed by atoms with E-state index in [0.29, 0.717) is 25.9 Å². The van der Waals surface area contributed by atoms with Gasteiger partial charge in [0.1, 0.15) is 11.4 Å². The lowest BCUT2D eigenvalue weighted by Gasteiger charge is -2.62. The fourth-order valence-electron chi connectivity index (χ4n) is 4.63. The molecule has 0 aromatic heterocycles. The molecule has 1 heterocycles. The van der Waals surface area contributed by atoms with Crippen molar-refractivity contribution in [3.05, 3.63) is 0 Å². The van der Waals surface area contributed by atoms with Crippen molar-refractivity contribution in [2.24, 2.45) is 11.3 Å². The quantitative estimate of drug-likeness (QED) is 0.706. The van der Waals surface area contributed by atoms with Crippen molar-refractivity contribution in [3.63, 3.8) is 0 Å². The fourth-order valence-corrected chi connectivity index (χ4v) is 4.63. The number of ketones is 1. The van der Waals surface area contributed by atoms with E-state index in [0.717, 1.165) is 0 Å². The smallest absolute Gasteiger partial charge is 0.135 e. The summed E-state index contributed by atoms with van der Waals surface area (Å²) in [6.45, 7) is 5.78. The molecule has 2 unspecified atom stereocenters. The summed E-state index contributed by atoms with van der Waals surface area (Å²) in [4.78, 5) is 11.7. The summed E-state index contributed by atoms with van der Waals surface area (Å²) in [5.41, 5.74) is -3.13. The van der Waals surface area contributed by atoms with Gasteiger partial charge in [-0.05, 0) is 26.7 Å². The van der Waals surface area contributed by atoms with Crippen molar-refractivity contribution in [2.45, 2.75) is 56.8 Å². The second-order valence-corrected chi connectivity index (χ2v) is 6.76. The van der Waals surface area contributed by atoms with Crippen LogP contribution in [0.25, 0.3) is 0 Å². The Morgan fingerprint density at radius 3 is 2.47 bits per heavy atom. The predicted octanol–water partition coefficient (Wildman–Crippen LogP) is 0.646. The van der Waals surface area contributed by atoms with Crippen LogP contribution in [0.2, 0.25) is 0 Å². The Bertz CT molecular complexity index is 384. The molecule has 5 atom stereocenters. The van der Waals surface area contributed by atoms with Gasteiger partial charge < -0.3 is 14.9 Å². The minimum absolute atomic E-state index is 0.0306. The van der Waals surface area contributed by atoms with E-state index in [2.05, 4.69) is 0 Å². The summed E-state index contributed by atoms with van der Waals surface area (Å²) in [6, 6.07) is 0. The van der Waals surface area contributed by atoms with Crippen molar-refractivity contribution in [2.75, 3.05) is 6.61 Å². The van der Waals surface area contributed by atoms with E-state index in [1.165, 1.54) is 6.92 Å². The maximum absolute atomic E-state index is 11.7. The molecule has 3 saturated carbocycles. The maximum Gasteiger partial charge on any atom is 0.135 e. The highest BCUT2D eigenvalue weighted by Crippen LogP contribution is 2.67. The van der Waals surface area contributed by atoms with Crippen molar-refractivity contribution < 1.29 is 19.7 Å². The lowest BCUT2D eigenvalue weighted by Crippen LogP contribution is -2.73. The standard InChI is InChI=1S/C13H20O4/c1-8(14)9-4-13(16)10(2)5-12(9,15)6-11(13,3)17-7-10/h9,15-16H,4-7H2,1-3H3/t9?,10-,11-,12?,13+/m1/s1. The third-order valence-electron chi connectivity index (χ3n) is 5.56. The van der Waals surface area contributed by atoms with Gasteiger partial charge in [0.15, 0.2) is 0 Å². The molecule has 96 valence electrons. The summed E-state index contributed by atoms with van der Waals surface area (Å²) in [7, 11) is 0. The van der Waals surface area contributed by atoms with Gasteiger partial charge in [-0.3, -0.25) is 4.79 Å². The average molecular weight is 240 g/mol. The van der Waals surface area contributed by atoms with Gasteiger partial charge in [0.05, 0.1) is 17.8 Å². The number of carbonyl (C=O) groups excluding carboxylic acids is 1. The van der Waals surface area contributed by atoms with Gasteiger partial charge in [0.25, 0.3) is 0 Å². The van der Waals surface area contributed by atoms with E-state index in [9.17, 15) is 15.0 Å². The highest BCUT2D eigenvalue weighted by Gasteiger charge is 2.77. The molecule has 4 heteroatoms. The third kappa shape index (κ3) is 1.07. The average Bonchev–Trinajstić information content (AvgIpc) is 2.30. The highest BCUT2D eigenvalue weighted by atomic mass is 16.5. The summed E-state index contributed by atoms with van der Waals surface area (Å²) in [5.74, 6) is -0.479. The zero-order valence-corrected chi connectivity index (χ0v) is 10.6.